The normalized spacial score (nSPS) is 13.2. The van der Waals surface area contributed by atoms with Gasteiger partial charge in [0.05, 0.1) is 11.6 Å². The molecule has 0 aliphatic heterocycles. The Balaban J connectivity index is 2.80. The molecule has 1 aromatic heterocycles. The molecule has 0 saturated heterocycles. The van der Waals surface area contributed by atoms with Crippen LogP contribution in [0.1, 0.15) is 62.9 Å². The van der Waals surface area contributed by atoms with Gasteiger partial charge in [-0.05, 0) is 45.4 Å². The monoisotopic (exact) mass is 309 g/mol. The molecule has 1 aromatic rings. The van der Waals surface area contributed by atoms with Crippen LogP contribution in [0.3, 0.4) is 0 Å². The molecular formula is C17H31N3O2. The van der Waals surface area contributed by atoms with E-state index in [1.807, 2.05) is 32.5 Å². The Kier molecular flexibility index (Phi) is 6.60. The second kappa shape index (κ2) is 7.77. The fourth-order valence-corrected chi connectivity index (χ4v) is 3.15. The van der Waals surface area contributed by atoms with Crippen LogP contribution in [0.25, 0.3) is 0 Å². The summed E-state index contributed by atoms with van der Waals surface area (Å²) in [6.07, 6.45) is 2.62. The molecule has 5 heteroatoms. The number of rotatable bonds is 8. The maximum atomic E-state index is 12.5. The third-order valence-corrected chi connectivity index (χ3v) is 5.17. The van der Waals surface area contributed by atoms with E-state index in [1.54, 1.807) is 0 Å². The number of nitrogens with zero attached hydrogens (tertiary/aromatic N) is 2. The van der Waals surface area contributed by atoms with E-state index in [-0.39, 0.29) is 23.8 Å². The highest BCUT2D eigenvalue weighted by atomic mass is 16.3. The van der Waals surface area contributed by atoms with Gasteiger partial charge in [-0.25, -0.2) is 0 Å². The van der Waals surface area contributed by atoms with Crippen molar-refractivity contribution in [3.05, 3.63) is 17.0 Å². The van der Waals surface area contributed by atoms with Gasteiger partial charge in [-0.1, -0.05) is 13.8 Å². The lowest BCUT2D eigenvalue weighted by atomic mass is 9.79. The summed E-state index contributed by atoms with van der Waals surface area (Å²) in [4.78, 5) is 12.5. The van der Waals surface area contributed by atoms with Gasteiger partial charge in [0.1, 0.15) is 0 Å². The summed E-state index contributed by atoms with van der Waals surface area (Å²) in [5.74, 6) is -0.183. The van der Waals surface area contributed by atoms with Gasteiger partial charge < -0.3 is 10.4 Å². The van der Waals surface area contributed by atoms with Crippen LogP contribution in [0.4, 0.5) is 0 Å². The Hall–Kier alpha value is -1.36. The number of aromatic nitrogens is 2. The number of aryl methyl sites for hydroxylation is 2. The molecule has 1 rings (SSSR count). The maximum absolute atomic E-state index is 12.5. The molecule has 0 bridgehead atoms. The predicted octanol–water partition coefficient (Wildman–Crippen LogP) is 2.45. The van der Waals surface area contributed by atoms with Crippen molar-refractivity contribution in [2.75, 3.05) is 13.2 Å². The smallest absolute Gasteiger partial charge is 0.227 e. The number of carbonyl (C=O) groups excluding carboxylic acids is 1. The number of carbonyl (C=O) groups is 1. The van der Waals surface area contributed by atoms with E-state index < -0.39 is 0 Å². The van der Waals surface area contributed by atoms with Crippen molar-refractivity contribution in [1.29, 1.82) is 0 Å². The number of amides is 1. The summed E-state index contributed by atoms with van der Waals surface area (Å²) in [6, 6.07) is 0. The molecule has 22 heavy (non-hydrogen) atoms. The van der Waals surface area contributed by atoms with Crippen LogP contribution in [0, 0.1) is 19.3 Å². The van der Waals surface area contributed by atoms with Crippen LogP contribution in [0.2, 0.25) is 0 Å². The predicted molar refractivity (Wildman–Crippen MR) is 88.8 cm³/mol. The van der Waals surface area contributed by atoms with Gasteiger partial charge >= 0.3 is 0 Å². The lowest BCUT2D eigenvalue weighted by Gasteiger charge is -2.31. The van der Waals surface area contributed by atoms with Gasteiger partial charge in [-0.3, -0.25) is 9.48 Å². The first-order valence-corrected chi connectivity index (χ1v) is 8.20. The number of aliphatic hydroxyl groups excluding tert-OH is 1. The molecule has 1 amide bonds. The lowest BCUT2D eigenvalue weighted by molar-refractivity contribution is -0.122. The first-order chi connectivity index (χ1) is 10.3. The van der Waals surface area contributed by atoms with Gasteiger partial charge in [0, 0.05) is 31.5 Å². The molecule has 0 aliphatic carbocycles. The molecule has 0 aromatic carbocycles. The molecule has 0 radical (unpaired) electrons. The third-order valence-electron chi connectivity index (χ3n) is 5.17. The molecule has 0 spiro atoms. The van der Waals surface area contributed by atoms with E-state index in [4.69, 9.17) is 0 Å². The van der Waals surface area contributed by atoms with Crippen molar-refractivity contribution in [2.24, 2.45) is 12.5 Å². The highest BCUT2D eigenvalue weighted by Gasteiger charge is 2.28. The lowest BCUT2D eigenvalue weighted by Crippen LogP contribution is -2.39. The maximum Gasteiger partial charge on any atom is 0.227 e. The van der Waals surface area contributed by atoms with Crippen LogP contribution in [0.15, 0.2) is 0 Å². The van der Waals surface area contributed by atoms with E-state index in [1.165, 1.54) is 0 Å². The Morgan fingerprint density at radius 3 is 2.36 bits per heavy atom. The fraction of sp³-hybridized carbons (Fsp3) is 0.765. The minimum Gasteiger partial charge on any atom is -0.396 e. The topological polar surface area (TPSA) is 67.2 Å². The molecule has 0 aliphatic rings. The van der Waals surface area contributed by atoms with E-state index in [9.17, 15) is 9.90 Å². The first kappa shape index (κ1) is 18.7. The summed E-state index contributed by atoms with van der Waals surface area (Å²) in [5.41, 5.74) is 2.95. The van der Waals surface area contributed by atoms with E-state index in [0.717, 1.165) is 36.2 Å². The molecule has 5 nitrogen and oxygen atoms in total. The highest BCUT2D eigenvalue weighted by molar-refractivity contribution is 5.83. The molecule has 0 saturated carbocycles. The summed E-state index contributed by atoms with van der Waals surface area (Å²) >= 11 is 0. The minimum atomic E-state index is -0.214. The van der Waals surface area contributed by atoms with Gasteiger partial charge in [0.25, 0.3) is 0 Å². The number of hydrogen-bond acceptors (Lipinski definition) is 3. The quantitative estimate of drug-likeness (QED) is 0.775. The Morgan fingerprint density at radius 1 is 1.36 bits per heavy atom. The van der Waals surface area contributed by atoms with Crippen molar-refractivity contribution in [3.63, 3.8) is 0 Å². The summed E-state index contributed by atoms with van der Waals surface area (Å²) in [7, 11) is 1.90. The van der Waals surface area contributed by atoms with Gasteiger partial charge in [0.15, 0.2) is 0 Å². The van der Waals surface area contributed by atoms with Crippen LogP contribution < -0.4 is 5.32 Å². The van der Waals surface area contributed by atoms with Crippen LogP contribution >= 0.6 is 0 Å². The van der Waals surface area contributed by atoms with E-state index in [0.29, 0.717) is 6.54 Å². The van der Waals surface area contributed by atoms with Gasteiger partial charge in [-0.2, -0.15) is 5.10 Å². The van der Waals surface area contributed by atoms with Crippen LogP contribution in [-0.2, 0) is 11.8 Å². The van der Waals surface area contributed by atoms with Gasteiger partial charge in [0.2, 0.25) is 5.91 Å². The average molecular weight is 309 g/mol. The average Bonchev–Trinajstić information content (AvgIpc) is 2.75. The zero-order valence-corrected chi connectivity index (χ0v) is 14.9. The van der Waals surface area contributed by atoms with Crippen molar-refractivity contribution >= 4 is 5.91 Å². The Morgan fingerprint density at radius 2 is 1.95 bits per heavy atom. The van der Waals surface area contributed by atoms with Crippen molar-refractivity contribution in [2.45, 2.75) is 59.8 Å². The molecular weight excluding hydrogens is 278 g/mol. The number of nitrogens with one attached hydrogen (secondary N) is 1. The zero-order valence-electron chi connectivity index (χ0n) is 14.9. The van der Waals surface area contributed by atoms with Gasteiger partial charge in [-0.15, -0.1) is 0 Å². The van der Waals surface area contributed by atoms with E-state index >= 15 is 0 Å². The third kappa shape index (κ3) is 3.88. The molecule has 1 heterocycles. The summed E-state index contributed by atoms with van der Waals surface area (Å²) in [6.45, 7) is 10.9. The number of hydrogen-bond donors (Lipinski definition) is 2. The Labute approximate surface area is 134 Å². The largest absolute Gasteiger partial charge is 0.396 e. The minimum absolute atomic E-state index is 0.0108. The van der Waals surface area contributed by atoms with Crippen molar-refractivity contribution in [3.8, 4) is 0 Å². The molecule has 0 unspecified atom stereocenters. The molecule has 126 valence electrons. The number of aliphatic hydroxyl groups is 1. The standard InChI is InChI=1S/C17H31N3O2/c1-7-17(8-2,9-10-21)11-18-16(22)12(3)15-13(4)19-20(6)14(15)5/h12,21H,7-11H2,1-6H3,(H,18,22)/t12-/m0/s1. The molecule has 2 N–H and O–H groups in total. The van der Waals surface area contributed by atoms with Crippen molar-refractivity contribution < 1.29 is 9.90 Å². The Bertz CT molecular complexity index is 504. The second-order valence-corrected chi connectivity index (χ2v) is 6.33. The van der Waals surface area contributed by atoms with Crippen molar-refractivity contribution in [1.82, 2.24) is 15.1 Å². The summed E-state index contributed by atoms with van der Waals surface area (Å²) in [5, 5.41) is 16.7. The highest BCUT2D eigenvalue weighted by Crippen LogP contribution is 2.30. The SMILES string of the molecule is CCC(CC)(CCO)CNC(=O)[C@@H](C)c1c(C)nn(C)c1C. The second-order valence-electron chi connectivity index (χ2n) is 6.33. The zero-order chi connectivity index (χ0) is 16.9. The van der Waals surface area contributed by atoms with Crippen LogP contribution in [-0.4, -0.2) is 33.9 Å². The van der Waals surface area contributed by atoms with Crippen LogP contribution in [0.5, 0.6) is 0 Å². The first-order valence-electron chi connectivity index (χ1n) is 8.20. The molecule has 0 fully saturated rings. The van der Waals surface area contributed by atoms with E-state index in [2.05, 4.69) is 24.3 Å². The molecule has 1 atom stereocenters. The fourth-order valence-electron chi connectivity index (χ4n) is 3.15. The summed E-state index contributed by atoms with van der Waals surface area (Å²) < 4.78 is 1.82.